The molecule has 0 fully saturated rings. The molecule has 5 aromatic rings. The number of amides is 1. The maximum Gasteiger partial charge on any atom is 0.255 e. The minimum atomic E-state index is -0.158. The molecule has 0 aliphatic rings. The second-order valence-electron chi connectivity index (χ2n) is 7.72. The molecule has 0 unspecified atom stereocenters. The summed E-state index contributed by atoms with van der Waals surface area (Å²) in [4.78, 5) is 17.6. The number of ether oxygens (including phenoxy) is 1. The van der Waals surface area contributed by atoms with E-state index in [0.29, 0.717) is 12.2 Å². The molecular formula is C28H22N2O2S. The first-order valence-electron chi connectivity index (χ1n) is 10.7. The Labute approximate surface area is 196 Å². The molecule has 0 aliphatic carbocycles. The second-order valence-corrected chi connectivity index (χ2v) is 8.75. The number of nitrogens with zero attached hydrogens (tertiary/aromatic N) is 1. The van der Waals surface area contributed by atoms with E-state index in [-0.39, 0.29) is 5.91 Å². The summed E-state index contributed by atoms with van der Waals surface area (Å²) in [6.45, 7) is 2.50. The van der Waals surface area contributed by atoms with Crippen LogP contribution in [0.4, 0.5) is 5.69 Å². The Bertz CT molecular complexity index is 1380. The fraction of sp³-hybridized carbons (Fsp3) is 0.0714. The van der Waals surface area contributed by atoms with Gasteiger partial charge in [-0.05, 0) is 60.5 Å². The zero-order valence-corrected chi connectivity index (χ0v) is 18.9. The van der Waals surface area contributed by atoms with Gasteiger partial charge in [0.05, 0.1) is 10.2 Å². The highest BCUT2D eigenvalue weighted by Gasteiger charge is 2.13. The minimum absolute atomic E-state index is 0.158. The second kappa shape index (κ2) is 9.27. The summed E-state index contributed by atoms with van der Waals surface area (Å²) in [6, 6.07) is 31.2. The van der Waals surface area contributed by atoms with Crippen LogP contribution in [-0.4, -0.2) is 10.9 Å². The zero-order chi connectivity index (χ0) is 22.6. The molecule has 0 saturated carbocycles. The Balaban J connectivity index is 1.30. The molecule has 1 aromatic heterocycles. The Morgan fingerprint density at radius 3 is 2.42 bits per heavy atom. The van der Waals surface area contributed by atoms with Crippen LogP contribution in [0.2, 0.25) is 0 Å². The fourth-order valence-corrected chi connectivity index (χ4v) is 4.68. The molecule has 0 saturated heterocycles. The largest absolute Gasteiger partial charge is 0.489 e. The normalized spacial score (nSPS) is 10.8. The van der Waals surface area contributed by atoms with Crippen LogP contribution < -0.4 is 10.1 Å². The van der Waals surface area contributed by atoms with Crippen molar-refractivity contribution in [2.45, 2.75) is 13.5 Å². The van der Waals surface area contributed by atoms with Crippen LogP contribution in [0.25, 0.3) is 20.8 Å². The van der Waals surface area contributed by atoms with Gasteiger partial charge in [-0.1, -0.05) is 54.6 Å². The van der Waals surface area contributed by atoms with Gasteiger partial charge in [-0.25, -0.2) is 4.98 Å². The number of fused-ring (bicyclic) bond motifs is 1. The molecule has 0 spiro atoms. The third-order valence-corrected chi connectivity index (χ3v) is 6.54. The molecule has 0 radical (unpaired) electrons. The number of thiazole rings is 1. The first-order chi connectivity index (χ1) is 16.2. The van der Waals surface area contributed by atoms with Gasteiger partial charge in [-0.15, -0.1) is 11.3 Å². The van der Waals surface area contributed by atoms with Crippen molar-refractivity contribution >= 4 is 33.1 Å². The van der Waals surface area contributed by atoms with E-state index in [0.717, 1.165) is 43.4 Å². The summed E-state index contributed by atoms with van der Waals surface area (Å²) in [5.41, 5.74) is 5.46. The molecule has 162 valence electrons. The van der Waals surface area contributed by atoms with E-state index in [1.807, 2.05) is 85.8 Å². The lowest BCUT2D eigenvalue weighted by Crippen LogP contribution is -2.13. The van der Waals surface area contributed by atoms with E-state index < -0.39 is 0 Å². The standard InChI is InChI=1S/C28H22N2O2S/c1-19-23(28-30-25-11-5-6-13-26(25)33-28)10-7-12-24(19)29-27(31)21-14-16-22(17-15-21)32-18-20-8-3-2-4-9-20/h2-17H,18H2,1H3,(H,29,31). The highest BCUT2D eigenvalue weighted by atomic mass is 32.1. The number of rotatable bonds is 6. The van der Waals surface area contributed by atoms with Gasteiger partial charge in [0.1, 0.15) is 17.4 Å². The SMILES string of the molecule is Cc1c(NC(=O)c2ccc(OCc3ccccc3)cc2)cccc1-c1nc2ccccc2s1. The van der Waals surface area contributed by atoms with Crippen LogP contribution in [-0.2, 0) is 6.61 Å². The Kier molecular flexibility index (Phi) is 5.87. The Hall–Kier alpha value is -3.96. The number of anilines is 1. The third-order valence-electron chi connectivity index (χ3n) is 5.47. The lowest BCUT2D eigenvalue weighted by Gasteiger charge is -2.12. The summed E-state index contributed by atoms with van der Waals surface area (Å²) >= 11 is 1.66. The number of hydrogen-bond donors (Lipinski definition) is 1. The summed E-state index contributed by atoms with van der Waals surface area (Å²) in [6.07, 6.45) is 0. The van der Waals surface area contributed by atoms with Crippen molar-refractivity contribution in [2.24, 2.45) is 0 Å². The molecule has 5 rings (SSSR count). The number of hydrogen-bond acceptors (Lipinski definition) is 4. The van der Waals surface area contributed by atoms with Crippen molar-refractivity contribution < 1.29 is 9.53 Å². The maximum absolute atomic E-state index is 12.9. The molecule has 0 aliphatic heterocycles. The molecule has 0 bridgehead atoms. The average molecular weight is 451 g/mol. The first-order valence-corrected chi connectivity index (χ1v) is 11.5. The van der Waals surface area contributed by atoms with E-state index >= 15 is 0 Å². The van der Waals surface area contributed by atoms with Crippen molar-refractivity contribution in [3.05, 3.63) is 114 Å². The van der Waals surface area contributed by atoms with Gasteiger partial charge in [0.25, 0.3) is 5.91 Å². The quantitative estimate of drug-likeness (QED) is 0.300. The third kappa shape index (κ3) is 4.64. The molecule has 1 amide bonds. The molecule has 1 heterocycles. The molecule has 4 nitrogen and oxygen atoms in total. The van der Waals surface area contributed by atoms with E-state index in [1.54, 1.807) is 23.5 Å². The summed E-state index contributed by atoms with van der Waals surface area (Å²) in [7, 11) is 0. The average Bonchev–Trinajstić information content (AvgIpc) is 3.29. The van der Waals surface area contributed by atoms with Crippen molar-refractivity contribution in [3.63, 3.8) is 0 Å². The van der Waals surface area contributed by atoms with Gasteiger partial charge >= 0.3 is 0 Å². The molecule has 4 aromatic carbocycles. The van der Waals surface area contributed by atoms with Crippen molar-refractivity contribution in [1.29, 1.82) is 0 Å². The lowest BCUT2D eigenvalue weighted by molar-refractivity contribution is 0.102. The van der Waals surface area contributed by atoms with Gasteiger partial charge in [0.15, 0.2) is 0 Å². The molecule has 1 N–H and O–H groups in total. The van der Waals surface area contributed by atoms with Gasteiger partial charge in [0, 0.05) is 16.8 Å². The van der Waals surface area contributed by atoms with Crippen LogP contribution in [0.3, 0.4) is 0 Å². The van der Waals surface area contributed by atoms with Crippen molar-refractivity contribution in [1.82, 2.24) is 4.98 Å². The zero-order valence-electron chi connectivity index (χ0n) is 18.1. The number of nitrogens with one attached hydrogen (secondary N) is 1. The molecular weight excluding hydrogens is 428 g/mol. The monoisotopic (exact) mass is 450 g/mol. The van der Waals surface area contributed by atoms with Gasteiger partial charge in [-0.2, -0.15) is 0 Å². The summed E-state index contributed by atoms with van der Waals surface area (Å²) in [5.74, 6) is 0.568. The van der Waals surface area contributed by atoms with Crippen LogP contribution in [0.5, 0.6) is 5.75 Å². The fourth-order valence-electron chi connectivity index (χ4n) is 3.63. The maximum atomic E-state index is 12.9. The predicted octanol–water partition coefficient (Wildman–Crippen LogP) is 7.10. The van der Waals surface area contributed by atoms with Crippen LogP contribution in [0, 0.1) is 6.92 Å². The summed E-state index contributed by atoms with van der Waals surface area (Å²) in [5, 5.41) is 3.99. The first kappa shape index (κ1) is 20.9. The minimum Gasteiger partial charge on any atom is -0.489 e. The Morgan fingerprint density at radius 1 is 0.879 bits per heavy atom. The van der Waals surface area contributed by atoms with Crippen LogP contribution in [0.15, 0.2) is 97.1 Å². The van der Waals surface area contributed by atoms with Gasteiger partial charge in [-0.3, -0.25) is 4.79 Å². The number of para-hydroxylation sites is 1. The van der Waals surface area contributed by atoms with E-state index in [1.165, 1.54) is 0 Å². The van der Waals surface area contributed by atoms with Crippen molar-refractivity contribution in [3.8, 4) is 16.3 Å². The van der Waals surface area contributed by atoms with Crippen LogP contribution in [0.1, 0.15) is 21.5 Å². The topological polar surface area (TPSA) is 51.2 Å². The predicted molar refractivity (Wildman–Crippen MR) is 135 cm³/mol. The number of carbonyl (C=O) groups is 1. The van der Waals surface area contributed by atoms with Crippen molar-refractivity contribution in [2.75, 3.05) is 5.32 Å². The molecule has 5 heteroatoms. The highest BCUT2D eigenvalue weighted by Crippen LogP contribution is 2.34. The molecule has 0 atom stereocenters. The Morgan fingerprint density at radius 2 is 1.64 bits per heavy atom. The van der Waals surface area contributed by atoms with Gasteiger partial charge < -0.3 is 10.1 Å². The number of aromatic nitrogens is 1. The van der Waals surface area contributed by atoms with E-state index in [2.05, 4.69) is 11.4 Å². The highest BCUT2D eigenvalue weighted by molar-refractivity contribution is 7.21. The lowest BCUT2D eigenvalue weighted by atomic mass is 10.1. The smallest absolute Gasteiger partial charge is 0.255 e. The van der Waals surface area contributed by atoms with E-state index in [4.69, 9.17) is 9.72 Å². The van der Waals surface area contributed by atoms with Crippen LogP contribution >= 0.6 is 11.3 Å². The molecule has 33 heavy (non-hydrogen) atoms. The van der Waals surface area contributed by atoms with Gasteiger partial charge in [0.2, 0.25) is 0 Å². The number of benzene rings is 4. The van der Waals surface area contributed by atoms with E-state index in [9.17, 15) is 4.79 Å². The number of carbonyl (C=O) groups excluding carboxylic acids is 1. The summed E-state index contributed by atoms with van der Waals surface area (Å²) < 4.78 is 6.97.